The van der Waals surface area contributed by atoms with Gasteiger partial charge in [-0.05, 0) is 36.2 Å². The van der Waals surface area contributed by atoms with Gasteiger partial charge in [0.15, 0.2) is 11.0 Å². The number of hydrogen-bond acceptors (Lipinski definition) is 4. The molecule has 0 fully saturated rings. The van der Waals surface area contributed by atoms with Crippen molar-refractivity contribution in [3.8, 4) is 11.4 Å². The highest BCUT2D eigenvalue weighted by Crippen LogP contribution is 2.24. The molecule has 5 nitrogen and oxygen atoms in total. The van der Waals surface area contributed by atoms with Gasteiger partial charge in [-0.3, -0.25) is 4.79 Å². The number of hydrogen-bond donors (Lipinski definition) is 1. The fourth-order valence-electron chi connectivity index (χ4n) is 3.46. The van der Waals surface area contributed by atoms with Crippen LogP contribution in [-0.2, 0) is 11.3 Å². The molecule has 0 radical (unpaired) electrons. The zero-order valence-corrected chi connectivity index (χ0v) is 17.9. The third-order valence-electron chi connectivity index (χ3n) is 5.05. The van der Waals surface area contributed by atoms with Gasteiger partial charge >= 0.3 is 0 Å². The Labute approximate surface area is 180 Å². The van der Waals surface area contributed by atoms with E-state index < -0.39 is 0 Å². The van der Waals surface area contributed by atoms with Crippen molar-refractivity contribution in [2.45, 2.75) is 31.6 Å². The summed E-state index contributed by atoms with van der Waals surface area (Å²) in [4.78, 5) is 12.6. The van der Waals surface area contributed by atoms with Crippen LogP contribution < -0.4 is 5.32 Å². The first-order chi connectivity index (χ1) is 14.7. The van der Waals surface area contributed by atoms with E-state index in [0.29, 0.717) is 5.75 Å². The molecule has 6 heteroatoms. The van der Waals surface area contributed by atoms with E-state index in [1.165, 1.54) is 22.5 Å². The van der Waals surface area contributed by atoms with E-state index in [4.69, 9.17) is 0 Å². The van der Waals surface area contributed by atoms with Crippen molar-refractivity contribution in [3.63, 3.8) is 0 Å². The maximum Gasteiger partial charge on any atom is 0.230 e. The van der Waals surface area contributed by atoms with Gasteiger partial charge in [-0.1, -0.05) is 78.5 Å². The minimum absolute atomic E-state index is 0.0208. The van der Waals surface area contributed by atoms with Gasteiger partial charge in [-0.15, -0.1) is 10.2 Å². The number of rotatable bonds is 7. The SMILES string of the molecule is CCn1c(SCC(=O)NC(C)c2ccc3ccccc3c2)nnc1-c1ccccc1. The molecule has 0 saturated heterocycles. The number of carbonyl (C=O) groups is 1. The average molecular weight is 417 g/mol. The minimum atomic E-state index is -0.0633. The van der Waals surface area contributed by atoms with Crippen LogP contribution in [-0.4, -0.2) is 26.4 Å². The number of fused-ring (bicyclic) bond motifs is 1. The molecule has 4 aromatic rings. The molecule has 1 atom stereocenters. The number of benzene rings is 3. The number of amides is 1. The quantitative estimate of drug-likeness (QED) is 0.427. The van der Waals surface area contributed by atoms with E-state index in [0.717, 1.165) is 28.7 Å². The largest absolute Gasteiger partial charge is 0.349 e. The number of carbonyl (C=O) groups excluding carboxylic acids is 1. The molecule has 0 spiro atoms. The minimum Gasteiger partial charge on any atom is -0.349 e. The topological polar surface area (TPSA) is 59.8 Å². The predicted octanol–water partition coefficient (Wildman–Crippen LogP) is 5.09. The van der Waals surface area contributed by atoms with Crippen LogP contribution in [0.2, 0.25) is 0 Å². The lowest BCUT2D eigenvalue weighted by atomic mass is 10.0. The fraction of sp³-hybridized carbons (Fsp3) is 0.208. The summed E-state index contributed by atoms with van der Waals surface area (Å²) in [5.74, 6) is 1.10. The standard InChI is InChI=1S/C24H24N4OS/c1-3-28-23(19-10-5-4-6-11-19)26-27-24(28)30-16-22(29)25-17(2)20-14-13-18-9-7-8-12-21(18)15-20/h4-15,17H,3,16H2,1-2H3,(H,25,29). The molecule has 1 unspecified atom stereocenters. The van der Waals surface area contributed by atoms with Crippen molar-refractivity contribution < 1.29 is 4.79 Å². The monoisotopic (exact) mass is 416 g/mol. The summed E-state index contributed by atoms with van der Waals surface area (Å²) >= 11 is 1.41. The van der Waals surface area contributed by atoms with E-state index >= 15 is 0 Å². The maximum atomic E-state index is 12.6. The Morgan fingerprint density at radius 2 is 1.73 bits per heavy atom. The highest BCUT2D eigenvalue weighted by Gasteiger charge is 2.16. The van der Waals surface area contributed by atoms with Crippen LogP contribution in [0.25, 0.3) is 22.2 Å². The van der Waals surface area contributed by atoms with E-state index in [2.05, 4.69) is 52.8 Å². The normalized spacial score (nSPS) is 12.1. The van der Waals surface area contributed by atoms with Crippen LogP contribution >= 0.6 is 11.8 Å². The molecule has 1 amide bonds. The molecule has 4 rings (SSSR count). The molecule has 0 aliphatic carbocycles. The lowest BCUT2D eigenvalue weighted by Gasteiger charge is -2.15. The van der Waals surface area contributed by atoms with Crippen molar-refractivity contribution in [2.75, 3.05) is 5.75 Å². The second-order valence-corrected chi connectivity index (χ2v) is 8.04. The lowest BCUT2D eigenvalue weighted by molar-refractivity contribution is -0.119. The first-order valence-corrected chi connectivity index (χ1v) is 11.0. The van der Waals surface area contributed by atoms with Crippen molar-refractivity contribution in [1.29, 1.82) is 0 Å². The van der Waals surface area contributed by atoms with Crippen LogP contribution in [0, 0.1) is 0 Å². The van der Waals surface area contributed by atoms with Gasteiger partial charge in [0, 0.05) is 12.1 Å². The van der Waals surface area contributed by atoms with Crippen molar-refractivity contribution in [1.82, 2.24) is 20.1 Å². The zero-order chi connectivity index (χ0) is 20.9. The van der Waals surface area contributed by atoms with Crippen molar-refractivity contribution in [3.05, 3.63) is 78.4 Å². The van der Waals surface area contributed by atoms with E-state index in [1.807, 2.05) is 54.0 Å². The Balaban J connectivity index is 1.40. The van der Waals surface area contributed by atoms with Gasteiger partial charge in [0.2, 0.25) is 5.91 Å². The highest BCUT2D eigenvalue weighted by atomic mass is 32.2. The molecule has 30 heavy (non-hydrogen) atoms. The van der Waals surface area contributed by atoms with Crippen LogP contribution in [0.15, 0.2) is 78.0 Å². The molecule has 1 aromatic heterocycles. The van der Waals surface area contributed by atoms with Gasteiger partial charge in [-0.2, -0.15) is 0 Å². The van der Waals surface area contributed by atoms with Crippen LogP contribution in [0.1, 0.15) is 25.5 Å². The molecule has 1 N–H and O–H groups in total. The van der Waals surface area contributed by atoms with E-state index in [-0.39, 0.29) is 11.9 Å². The molecule has 0 aliphatic rings. The number of nitrogens with one attached hydrogen (secondary N) is 1. The van der Waals surface area contributed by atoms with Gasteiger partial charge in [0.25, 0.3) is 0 Å². The zero-order valence-electron chi connectivity index (χ0n) is 17.1. The first kappa shape index (κ1) is 20.2. The molecule has 0 bridgehead atoms. The Kier molecular flexibility index (Phi) is 6.14. The lowest BCUT2D eigenvalue weighted by Crippen LogP contribution is -2.28. The van der Waals surface area contributed by atoms with Crippen LogP contribution in [0.5, 0.6) is 0 Å². The predicted molar refractivity (Wildman–Crippen MR) is 122 cm³/mol. The molecule has 0 saturated carbocycles. The molecule has 152 valence electrons. The maximum absolute atomic E-state index is 12.6. The van der Waals surface area contributed by atoms with Gasteiger partial charge in [0.1, 0.15) is 0 Å². The third-order valence-corrected chi connectivity index (χ3v) is 6.02. The molecule has 1 heterocycles. The Morgan fingerprint density at radius 1 is 1.00 bits per heavy atom. The van der Waals surface area contributed by atoms with E-state index in [1.54, 1.807) is 0 Å². The average Bonchev–Trinajstić information content (AvgIpc) is 3.21. The summed E-state index contributed by atoms with van der Waals surface area (Å²) in [6.07, 6.45) is 0. The van der Waals surface area contributed by atoms with Crippen molar-refractivity contribution >= 4 is 28.4 Å². The number of thioether (sulfide) groups is 1. The summed E-state index contributed by atoms with van der Waals surface area (Å²) < 4.78 is 2.04. The number of nitrogens with zero attached hydrogens (tertiary/aromatic N) is 3. The van der Waals surface area contributed by atoms with Crippen molar-refractivity contribution in [2.24, 2.45) is 0 Å². The summed E-state index contributed by atoms with van der Waals surface area (Å²) in [6, 6.07) is 24.4. The van der Waals surface area contributed by atoms with Gasteiger partial charge in [0.05, 0.1) is 11.8 Å². The second-order valence-electron chi connectivity index (χ2n) is 7.10. The first-order valence-electron chi connectivity index (χ1n) is 10.0. The molecular formula is C24H24N4OS. The van der Waals surface area contributed by atoms with Gasteiger partial charge < -0.3 is 9.88 Å². The Morgan fingerprint density at radius 3 is 2.50 bits per heavy atom. The summed E-state index contributed by atoms with van der Waals surface area (Å²) in [5.41, 5.74) is 2.11. The molecular weight excluding hydrogens is 392 g/mol. The fourth-order valence-corrected chi connectivity index (χ4v) is 4.27. The van der Waals surface area contributed by atoms with E-state index in [9.17, 15) is 4.79 Å². The number of aromatic nitrogens is 3. The third kappa shape index (κ3) is 4.39. The highest BCUT2D eigenvalue weighted by molar-refractivity contribution is 7.99. The Hall–Kier alpha value is -3.12. The summed E-state index contributed by atoms with van der Waals surface area (Å²) in [6.45, 7) is 4.81. The Bertz CT molecular complexity index is 1160. The van der Waals surface area contributed by atoms with Gasteiger partial charge in [-0.25, -0.2) is 0 Å². The summed E-state index contributed by atoms with van der Waals surface area (Å²) in [5, 5.41) is 14.9. The van der Waals surface area contributed by atoms with Crippen LogP contribution in [0.4, 0.5) is 0 Å². The molecule has 3 aromatic carbocycles. The molecule has 0 aliphatic heterocycles. The second kappa shape index (κ2) is 9.13. The summed E-state index contributed by atoms with van der Waals surface area (Å²) in [7, 11) is 0. The smallest absolute Gasteiger partial charge is 0.230 e. The van der Waals surface area contributed by atoms with Crippen LogP contribution in [0.3, 0.4) is 0 Å².